The molecule has 0 spiro atoms. The molecule has 0 aliphatic carbocycles. The summed E-state index contributed by atoms with van der Waals surface area (Å²) in [5.41, 5.74) is 2.60. The molecule has 4 nitrogen and oxygen atoms in total. The number of benzene rings is 2. The van der Waals surface area contributed by atoms with Crippen molar-refractivity contribution in [1.29, 1.82) is 0 Å². The molecule has 1 amide bonds. The first-order valence-electron chi connectivity index (χ1n) is 10.8. The highest BCUT2D eigenvalue weighted by Gasteiger charge is 2.39. The Balaban J connectivity index is 1.65. The highest BCUT2D eigenvalue weighted by atomic mass is 35.6. The van der Waals surface area contributed by atoms with Crippen molar-refractivity contribution in [2.24, 2.45) is 0 Å². The fourth-order valence-corrected chi connectivity index (χ4v) is 4.23. The Morgan fingerprint density at radius 1 is 1.00 bits per heavy atom. The zero-order chi connectivity index (χ0) is 22.3. The molecule has 0 bridgehead atoms. The van der Waals surface area contributed by atoms with Gasteiger partial charge in [-0.05, 0) is 54.7 Å². The van der Waals surface area contributed by atoms with E-state index in [0.717, 1.165) is 68.7 Å². The number of hydrogen-bond acceptors (Lipinski definition) is 3. The second kappa shape index (κ2) is 11.4. The third-order valence-corrected chi connectivity index (χ3v) is 6.06. The monoisotopic (exact) mass is 482 g/mol. The lowest BCUT2D eigenvalue weighted by Gasteiger charge is -2.38. The number of carbonyl (C=O) groups is 1. The molecule has 0 unspecified atom stereocenters. The molecule has 0 saturated carbocycles. The number of amides is 1. The predicted molar refractivity (Wildman–Crippen MR) is 129 cm³/mol. The Bertz CT molecular complexity index is 829. The average molecular weight is 484 g/mol. The summed E-state index contributed by atoms with van der Waals surface area (Å²) in [6.07, 6.45) is 4.71. The maximum absolute atomic E-state index is 12.8. The van der Waals surface area contributed by atoms with Gasteiger partial charge in [0.2, 0.25) is 3.79 Å². The van der Waals surface area contributed by atoms with E-state index in [4.69, 9.17) is 39.5 Å². The van der Waals surface area contributed by atoms with Crippen molar-refractivity contribution in [2.75, 3.05) is 19.7 Å². The van der Waals surface area contributed by atoms with Crippen LogP contribution in [0, 0.1) is 0 Å². The summed E-state index contributed by atoms with van der Waals surface area (Å²) in [7, 11) is 0. The molecule has 1 N–H and O–H groups in total. The molecule has 0 radical (unpaired) electrons. The molecule has 1 saturated heterocycles. The normalized spacial score (nSPS) is 16.0. The summed E-state index contributed by atoms with van der Waals surface area (Å²) in [6.45, 7) is 4.47. The van der Waals surface area contributed by atoms with Crippen molar-refractivity contribution in [2.45, 2.75) is 49.0 Å². The van der Waals surface area contributed by atoms with Crippen molar-refractivity contribution in [3.63, 3.8) is 0 Å². The fourth-order valence-electron chi connectivity index (χ4n) is 3.66. The van der Waals surface area contributed by atoms with Crippen molar-refractivity contribution in [3.8, 4) is 16.9 Å². The van der Waals surface area contributed by atoms with Crippen LogP contribution in [0.25, 0.3) is 11.1 Å². The summed E-state index contributed by atoms with van der Waals surface area (Å²) in [6, 6.07) is 15.4. The first-order valence-corrected chi connectivity index (χ1v) is 12.0. The minimum atomic E-state index is -1.60. The highest BCUT2D eigenvalue weighted by Crippen LogP contribution is 2.33. The van der Waals surface area contributed by atoms with E-state index in [2.05, 4.69) is 12.2 Å². The number of hydrogen-bond donors (Lipinski definition) is 1. The smallest absolute Gasteiger partial charge is 0.252 e. The Hall–Kier alpha value is -1.46. The van der Waals surface area contributed by atoms with Gasteiger partial charge in [-0.25, -0.2) is 0 Å². The quantitative estimate of drug-likeness (QED) is 0.347. The van der Waals surface area contributed by atoms with Crippen LogP contribution in [0.4, 0.5) is 0 Å². The summed E-state index contributed by atoms with van der Waals surface area (Å²) in [5.74, 6) is 0.608. The van der Waals surface area contributed by atoms with Crippen molar-refractivity contribution in [1.82, 2.24) is 10.2 Å². The Morgan fingerprint density at radius 3 is 2.13 bits per heavy atom. The third kappa shape index (κ3) is 7.01. The molecule has 1 aliphatic heterocycles. The SMILES string of the molecule is CCCCOc1ccc(-c2ccc(C(=O)N[C@H](N3CCCCC3)C(Cl)(Cl)Cl)cc2)cc1. The van der Waals surface area contributed by atoms with Gasteiger partial charge in [0, 0.05) is 18.7 Å². The Labute approximate surface area is 199 Å². The van der Waals surface area contributed by atoms with E-state index in [1.54, 1.807) is 12.1 Å². The molecule has 1 heterocycles. The van der Waals surface area contributed by atoms with Gasteiger partial charge in [0.15, 0.2) is 0 Å². The van der Waals surface area contributed by atoms with Gasteiger partial charge in [-0.3, -0.25) is 9.69 Å². The van der Waals surface area contributed by atoms with Crippen LogP contribution in [0.1, 0.15) is 49.4 Å². The van der Waals surface area contributed by atoms with Gasteiger partial charge in [-0.15, -0.1) is 0 Å². The van der Waals surface area contributed by atoms with E-state index in [0.29, 0.717) is 5.56 Å². The maximum atomic E-state index is 12.8. The van der Waals surface area contributed by atoms with Gasteiger partial charge in [0.05, 0.1) is 6.61 Å². The third-order valence-electron chi connectivity index (χ3n) is 5.44. The average Bonchev–Trinajstić information content (AvgIpc) is 2.78. The van der Waals surface area contributed by atoms with Crippen LogP contribution in [0.15, 0.2) is 48.5 Å². The molecule has 7 heteroatoms. The number of nitrogens with one attached hydrogen (secondary N) is 1. The van der Waals surface area contributed by atoms with E-state index < -0.39 is 9.96 Å². The molecule has 31 heavy (non-hydrogen) atoms. The number of nitrogens with zero attached hydrogens (tertiary/aromatic N) is 1. The van der Waals surface area contributed by atoms with E-state index in [-0.39, 0.29) is 5.91 Å². The molecule has 2 aromatic rings. The van der Waals surface area contributed by atoms with Gasteiger partial charge >= 0.3 is 0 Å². The van der Waals surface area contributed by atoms with Crippen LogP contribution in [0.2, 0.25) is 0 Å². The number of carbonyl (C=O) groups excluding carboxylic acids is 1. The van der Waals surface area contributed by atoms with Crippen LogP contribution in [-0.4, -0.2) is 40.5 Å². The Morgan fingerprint density at radius 2 is 1.58 bits per heavy atom. The first kappa shape index (κ1) is 24.2. The number of ether oxygens (including phenoxy) is 1. The molecule has 1 atom stereocenters. The molecule has 168 valence electrons. The number of rotatable bonds is 8. The van der Waals surface area contributed by atoms with E-state index >= 15 is 0 Å². The molecule has 1 fully saturated rings. The maximum Gasteiger partial charge on any atom is 0.252 e. The van der Waals surface area contributed by atoms with Gasteiger partial charge in [0.1, 0.15) is 11.9 Å². The minimum absolute atomic E-state index is 0.256. The second-order valence-corrected chi connectivity index (χ2v) is 10.2. The molecular weight excluding hydrogens is 455 g/mol. The number of likely N-dealkylation sites (tertiary alicyclic amines) is 1. The zero-order valence-electron chi connectivity index (χ0n) is 17.8. The predicted octanol–water partition coefficient (Wildman–Crippen LogP) is 6.44. The molecule has 2 aromatic carbocycles. The lowest BCUT2D eigenvalue weighted by molar-refractivity contribution is 0.0819. The van der Waals surface area contributed by atoms with E-state index in [9.17, 15) is 4.79 Å². The fraction of sp³-hybridized carbons (Fsp3) is 0.458. The standard InChI is InChI=1S/C24H29Cl3N2O2/c1-2-3-17-31-21-13-11-19(12-14-21)18-7-9-20(10-8-18)22(30)28-23(24(25,26)27)29-15-5-4-6-16-29/h7-14,23H,2-6,15-17H2,1H3,(H,28,30)/t23-/m1/s1. The molecule has 1 aliphatic rings. The summed E-state index contributed by atoms with van der Waals surface area (Å²) < 4.78 is 4.11. The number of piperidine rings is 1. The van der Waals surface area contributed by atoms with Gasteiger partial charge in [0.25, 0.3) is 5.91 Å². The summed E-state index contributed by atoms with van der Waals surface area (Å²) >= 11 is 18.6. The van der Waals surface area contributed by atoms with Crippen LogP contribution in [0.5, 0.6) is 5.75 Å². The van der Waals surface area contributed by atoms with Gasteiger partial charge in [-0.1, -0.05) is 78.8 Å². The number of alkyl halides is 3. The summed E-state index contributed by atoms with van der Waals surface area (Å²) in [4.78, 5) is 14.9. The van der Waals surface area contributed by atoms with Crippen LogP contribution in [-0.2, 0) is 0 Å². The lowest BCUT2D eigenvalue weighted by atomic mass is 10.0. The molecule has 3 rings (SSSR count). The van der Waals surface area contributed by atoms with Crippen molar-refractivity contribution < 1.29 is 9.53 Å². The van der Waals surface area contributed by atoms with Crippen molar-refractivity contribution in [3.05, 3.63) is 54.1 Å². The van der Waals surface area contributed by atoms with E-state index in [1.807, 2.05) is 41.3 Å². The van der Waals surface area contributed by atoms with Crippen LogP contribution >= 0.6 is 34.8 Å². The van der Waals surface area contributed by atoms with Gasteiger partial charge < -0.3 is 10.1 Å². The zero-order valence-corrected chi connectivity index (χ0v) is 20.0. The minimum Gasteiger partial charge on any atom is -0.494 e. The topological polar surface area (TPSA) is 41.6 Å². The number of unbranched alkanes of at least 4 members (excludes halogenated alkanes) is 1. The Kier molecular flexibility index (Phi) is 8.91. The lowest BCUT2D eigenvalue weighted by Crippen LogP contribution is -2.56. The van der Waals surface area contributed by atoms with Crippen LogP contribution in [0.3, 0.4) is 0 Å². The highest BCUT2D eigenvalue weighted by molar-refractivity contribution is 6.68. The molecule has 0 aromatic heterocycles. The number of halogens is 3. The van der Waals surface area contributed by atoms with Gasteiger partial charge in [-0.2, -0.15) is 0 Å². The van der Waals surface area contributed by atoms with Crippen molar-refractivity contribution >= 4 is 40.7 Å². The van der Waals surface area contributed by atoms with Crippen LogP contribution < -0.4 is 10.1 Å². The van der Waals surface area contributed by atoms with E-state index in [1.165, 1.54) is 0 Å². The summed E-state index contributed by atoms with van der Waals surface area (Å²) in [5, 5.41) is 2.91. The largest absolute Gasteiger partial charge is 0.494 e. The first-order chi connectivity index (χ1) is 14.9. The molecular formula is C24H29Cl3N2O2. The second-order valence-electron chi connectivity index (χ2n) is 7.82.